The fraction of sp³-hybridized carbons (Fsp3) is 0.320. The Kier molecular flexibility index (Phi) is 8.30. The van der Waals surface area contributed by atoms with Gasteiger partial charge in [0.25, 0.3) is 5.56 Å². The van der Waals surface area contributed by atoms with E-state index in [4.69, 9.17) is 0 Å². The van der Waals surface area contributed by atoms with E-state index in [0.717, 1.165) is 61.1 Å². The SMILES string of the molecule is Cc1ccc2c(c1)ncc1c(=O)n(CCCN3CCN(c4ccccc4)CC3)cnc12.Cl.Cl. The summed E-state index contributed by atoms with van der Waals surface area (Å²) in [6, 6.07) is 16.7. The normalized spacial score (nSPS) is 14.2. The number of hydrogen-bond acceptors (Lipinski definition) is 5. The van der Waals surface area contributed by atoms with E-state index in [1.165, 1.54) is 5.69 Å². The first-order valence-electron chi connectivity index (χ1n) is 11.0. The molecule has 0 bridgehead atoms. The van der Waals surface area contributed by atoms with Gasteiger partial charge in [-0.05, 0) is 43.7 Å². The molecule has 5 rings (SSSR count). The van der Waals surface area contributed by atoms with E-state index in [9.17, 15) is 4.79 Å². The third-order valence-electron chi connectivity index (χ3n) is 6.18. The van der Waals surface area contributed by atoms with E-state index < -0.39 is 0 Å². The third-order valence-corrected chi connectivity index (χ3v) is 6.18. The molecule has 33 heavy (non-hydrogen) atoms. The fourth-order valence-corrected chi connectivity index (χ4v) is 4.41. The summed E-state index contributed by atoms with van der Waals surface area (Å²) in [4.78, 5) is 27.0. The zero-order chi connectivity index (χ0) is 21.2. The first-order chi connectivity index (χ1) is 15.2. The van der Waals surface area contributed by atoms with Gasteiger partial charge in [-0.25, -0.2) is 4.98 Å². The summed E-state index contributed by atoms with van der Waals surface area (Å²) in [7, 11) is 0. The van der Waals surface area contributed by atoms with Gasteiger partial charge in [-0.3, -0.25) is 19.2 Å². The molecule has 3 heterocycles. The Labute approximate surface area is 206 Å². The predicted molar refractivity (Wildman–Crippen MR) is 140 cm³/mol. The number of aromatic nitrogens is 3. The molecular formula is C25H29Cl2N5O. The van der Waals surface area contributed by atoms with Crippen molar-refractivity contribution in [2.24, 2.45) is 0 Å². The monoisotopic (exact) mass is 485 g/mol. The number of rotatable bonds is 5. The zero-order valence-electron chi connectivity index (χ0n) is 18.7. The topological polar surface area (TPSA) is 54.3 Å². The molecule has 174 valence electrons. The largest absolute Gasteiger partial charge is 0.369 e. The molecule has 0 aliphatic carbocycles. The van der Waals surface area contributed by atoms with Crippen molar-refractivity contribution in [1.29, 1.82) is 0 Å². The van der Waals surface area contributed by atoms with Gasteiger partial charge in [-0.15, -0.1) is 24.8 Å². The van der Waals surface area contributed by atoms with Crippen LogP contribution in [0.1, 0.15) is 12.0 Å². The molecule has 0 saturated carbocycles. The predicted octanol–water partition coefficient (Wildman–Crippen LogP) is 4.31. The molecule has 0 amide bonds. The second kappa shape index (κ2) is 11.0. The smallest absolute Gasteiger partial charge is 0.262 e. The van der Waals surface area contributed by atoms with Gasteiger partial charge < -0.3 is 4.90 Å². The van der Waals surface area contributed by atoms with Crippen LogP contribution in [0.25, 0.3) is 21.8 Å². The minimum Gasteiger partial charge on any atom is -0.369 e. The van der Waals surface area contributed by atoms with Crippen molar-refractivity contribution in [3.63, 3.8) is 0 Å². The standard InChI is InChI=1S/C25H27N5O.2ClH/c1-19-8-9-21-23(16-19)26-17-22-24(21)27-18-30(25(22)31)11-5-10-28-12-14-29(15-13-28)20-6-3-2-4-7-20;;/h2-4,6-9,16-18H,5,10-15H2,1H3;2*1H. The maximum absolute atomic E-state index is 13.0. The lowest BCUT2D eigenvalue weighted by Crippen LogP contribution is -2.46. The number of aryl methyl sites for hydroxylation is 2. The number of halogens is 2. The number of para-hydroxylation sites is 1. The van der Waals surface area contributed by atoms with Gasteiger partial charge in [-0.1, -0.05) is 30.3 Å². The minimum atomic E-state index is -0.00567. The molecule has 0 spiro atoms. The third kappa shape index (κ3) is 5.29. The zero-order valence-corrected chi connectivity index (χ0v) is 20.3. The Balaban J connectivity index is 0.00000153. The average Bonchev–Trinajstić information content (AvgIpc) is 2.81. The van der Waals surface area contributed by atoms with E-state index in [2.05, 4.69) is 50.1 Å². The highest BCUT2D eigenvalue weighted by molar-refractivity contribution is 6.02. The van der Waals surface area contributed by atoms with Crippen molar-refractivity contribution < 1.29 is 0 Å². The number of piperazine rings is 1. The Morgan fingerprint density at radius 2 is 1.64 bits per heavy atom. The minimum absolute atomic E-state index is 0. The summed E-state index contributed by atoms with van der Waals surface area (Å²) in [5, 5.41) is 1.53. The van der Waals surface area contributed by atoms with E-state index in [1.807, 2.05) is 25.1 Å². The fourth-order valence-electron chi connectivity index (χ4n) is 4.41. The van der Waals surface area contributed by atoms with Crippen LogP contribution in [-0.2, 0) is 6.54 Å². The van der Waals surface area contributed by atoms with Gasteiger partial charge in [0.15, 0.2) is 0 Å². The molecule has 0 radical (unpaired) electrons. The summed E-state index contributed by atoms with van der Waals surface area (Å²) in [6.45, 7) is 7.89. The maximum atomic E-state index is 13.0. The maximum Gasteiger partial charge on any atom is 0.262 e. The molecule has 0 N–H and O–H groups in total. The van der Waals surface area contributed by atoms with Crippen molar-refractivity contribution >= 4 is 52.3 Å². The average molecular weight is 486 g/mol. The molecule has 2 aromatic heterocycles. The highest BCUT2D eigenvalue weighted by atomic mass is 35.5. The quantitative estimate of drug-likeness (QED) is 0.394. The van der Waals surface area contributed by atoms with Crippen LogP contribution in [0.15, 0.2) is 65.8 Å². The van der Waals surface area contributed by atoms with E-state index in [-0.39, 0.29) is 30.4 Å². The van der Waals surface area contributed by atoms with Crippen LogP contribution < -0.4 is 10.5 Å². The lowest BCUT2D eigenvalue weighted by molar-refractivity contribution is 0.250. The van der Waals surface area contributed by atoms with Crippen molar-refractivity contribution in [2.75, 3.05) is 37.6 Å². The van der Waals surface area contributed by atoms with Crippen LogP contribution in [-0.4, -0.2) is 52.2 Å². The Bertz CT molecular complexity index is 1270. The summed E-state index contributed by atoms with van der Waals surface area (Å²) in [5.41, 5.74) is 4.06. The first-order valence-corrected chi connectivity index (χ1v) is 11.0. The lowest BCUT2D eigenvalue weighted by atomic mass is 10.1. The van der Waals surface area contributed by atoms with Gasteiger partial charge in [0.2, 0.25) is 0 Å². The number of anilines is 1. The second-order valence-corrected chi connectivity index (χ2v) is 8.30. The Hall–Kier alpha value is -2.67. The molecule has 1 aliphatic heterocycles. The van der Waals surface area contributed by atoms with Gasteiger partial charge >= 0.3 is 0 Å². The van der Waals surface area contributed by atoms with Gasteiger partial charge in [0, 0.05) is 50.0 Å². The highest BCUT2D eigenvalue weighted by Crippen LogP contribution is 2.20. The van der Waals surface area contributed by atoms with Crippen molar-refractivity contribution in [3.05, 3.63) is 77.0 Å². The van der Waals surface area contributed by atoms with E-state index >= 15 is 0 Å². The number of benzene rings is 2. The molecule has 4 aromatic rings. The summed E-state index contributed by atoms with van der Waals surface area (Å²) in [5.74, 6) is 0. The van der Waals surface area contributed by atoms with Gasteiger partial charge in [0.1, 0.15) is 0 Å². The van der Waals surface area contributed by atoms with E-state index in [1.54, 1.807) is 17.1 Å². The van der Waals surface area contributed by atoms with Crippen molar-refractivity contribution in [3.8, 4) is 0 Å². The molecule has 8 heteroatoms. The molecule has 2 aromatic carbocycles. The lowest BCUT2D eigenvalue weighted by Gasteiger charge is -2.36. The van der Waals surface area contributed by atoms with Crippen LogP contribution in [0.3, 0.4) is 0 Å². The number of nitrogens with zero attached hydrogens (tertiary/aromatic N) is 5. The van der Waals surface area contributed by atoms with E-state index in [0.29, 0.717) is 11.9 Å². The molecule has 1 fully saturated rings. The van der Waals surface area contributed by atoms with Gasteiger partial charge in [-0.2, -0.15) is 0 Å². The summed E-state index contributed by atoms with van der Waals surface area (Å²) >= 11 is 0. The van der Waals surface area contributed by atoms with Crippen molar-refractivity contribution in [1.82, 2.24) is 19.4 Å². The van der Waals surface area contributed by atoms with Gasteiger partial charge in [0.05, 0.1) is 22.7 Å². The molecule has 1 saturated heterocycles. The molecule has 6 nitrogen and oxygen atoms in total. The van der Waals surface area contributed by atoms with Crippen LogP contribution >= 0.6 is 24.8 Å². The van der Waals surface area contributed by atoms with Crippen LogP contribution in [0.2, 0.25) is 0 Å². The van der Waals surface area contributed by atoms with Crippen LogP contribution in [0.4, 0.5) is 5.69 Å². The van der Waals surface area contributed by atoms with Crippen LogP contribution in [0, 0.1) is 6.92 Å². The highest BCUT2D eigenvalue weighted by Gasteiger charge is 2.17. The second-order valence-electron chi connectivity index (χ2n) is 8.30. The number of hydrogen-bond donors (Lipinski definition) is 0. The summed E-state index contributed by atoms with van der Waals surface area (Å²) in [6.07, 6.45) is 4.29. The summed E-state index contributed by atoms with van der Waals surface area (Å²) < 4.78 is 1.73. The number of pyridine rings is 1. The Morgan fingerprint density at radius 1 is 0.879 bits per heavy atom. The number of fused-ring (bicyclic) bond motifs is 3. The molecule has 0 atom stereocenters. The molecule has 1 aliphatic rings. The molecular weight excluding hydrogens is 457 g/mol. The van der Waals surface area contributed by atoms with Crippen LogP contribution in [0.5, 0.6) is 0 Å². The first kappa shape index (κ1) is 25.0. The van der Waals surface area contributed by atoms with Crippen molar-refractivity contribution in [2.45, 2.75) is 19.9 Å². The Morgan fingerprint density at radius 3 is 2.39 bits per heavy atom. The molecule has 0 unspecified atom stereocenters.